The van der Waals surface area contributed by atoms with Gasteiger partial charge in [-0.3, -0.25) is 9.59 Å². The monoisotopic (exact) mass is 669 g/mol. The Kier molecular flexibility index (Phi) is 9.55. The molecule has 4 aromatic carbocycles. The van der Waals surface area contributed by atoms with Gasteiger partial charge in [0.05, 0.1) is 36.8 Å². The third-order valence-corrected chi connectivity index (χ3v) is 9.35. The van der Waals surface area contributed by atoms with Crippen molar-refractivity contribution in [3.8, 4) is 18.1 Å². The van der Waals surface area contributed by atoms with Crippen LogP contribution >= 0.6 is 23.2 Å². The predicted molar refractivity (Wildman–Crippen MR) is 181 cm³/mol. The number of terminal acetylenes is 1. The second-order valence-corrected chi connectivity index (χ2v) is 12.3. The Morgan fingerprint density at radius 2 is 1.74 bits per heavy atom. The molecule has 2 aliphatic heterocycles. The first kappa shape index (κ1) is 32.2. The van der Waals surface area contributed by atoms with Gasteiger partial charge in [0.1, 0.15) is 18.0 Å². The fourth-order valence-corrected chi connectivity index (χ4v) is 6.62. The first-order valence-corrected chi connectivity index (χ1v) is 15.9. The van der Waals surface area contributed by atoms with Gasteiger partial charge in [-0.25, -0.2) is 9.80 Å². The minimum atomic E-state index is -0.790. The summed E-state index contributed by atoms with van der Waals surface area (Å²) in [5, 5.41) is 8.84. The number of halogens is 2. The maximum Gasteiger partial charge on any atom is 0.333 e. The van der Waals surface area contributed by atoms with Crippen LogP contribution in [0.1, 0.15) is 16.7 Å². The number of piperazine rings is 1. The number of fused-ring (bicyclic) bond motifs is 2. The summed E-state index contributed by atoms with van der Waals surface area (Å²) < 4.78 is 5.31. The molecule has 2 atom stereocenters. The molecule has 0 aromatic heterocycles. The van der Waals surface area contributed by atoms with Gasteiger partial charge in [0.2, 0.25) is 11.8 Å². The van der Waals surface area contributed by atoms with Crippen LogP contribution < -0.4 is 10.1 Å². The maximum atomic E-state index is 14.3. The molecule has 11 heteroatoms. The van der Waals surface area contributed by atoms with Gasteiger partial charge in [0.25, 0.3) is 0 Å². The Bertz CT molecular complexity index is 1860. The van der Waals surface area contributed by atoms with Crippen LogP contribution in [0.2, 0.25) is 10.0 Å². The highest BCUT2D eigenvalue weighted by atomic mass is 35.5. The minimum absolute atomic E-state index is 0.0781. The summed E-state index contributed by atoms with van der Waals surface area (Å²) in [6.07, 6.45) is 5.41. The zero-order valence-corrected chi connectivity index (χ0v) is 27.2. The topological polar surface area (TPSA) is 85.4 Å². The Morgan fingerprint density at radius 1 is 1.00 bits per heavy atom. The van der Waals surface area contributed by atoms with Gasteiger partial charge in [0.15, 0.2) is 0 Å². The average Bonchev–Trinajstić information content (AvgIpc) is 3.41. The molecule has 240 valence electrons. The van der Waals surface area contributed by atoms with E-state index in [1.54, 1.807) is 40.1 Å². The lowest BCUT2D eigenvalue weighted by atomic mass is 9.99. The second kappa shape index (κ2) is 13.9. The number of carbonyl (C=O) groups excluding carboxylic acids is 3. The molecule has 4 amide bonds. The molecular formula is C36H33Cl2N5O4. The largest absolute Gasteiger partial charge is 0.497 e. The predicted octanol–water partition coefficient (Wildman–Crippen LogP) is 5.34. The molecule has 0 radical (unpaired) electrons. The van der Waals surface area contributed by atoms with Crippen molar-refractivity contribution in [1.29, 1.82) is 0 Å². The van der Waals surface area contributed by atoms with Gasteiger partial charge >= 0.3 is 6.03 Å². The molecular weight excluding hydrogens is 637 g/mol. The molecule has 2 heterocycles. The number of rotatable bonds is 9. The van der Waals surface area contributed by atoms with E-state index in [1.165, 1.54) is 5.01 Å². The van der Waals surface area contributed by atoms with Gasteiger partial charge in [0, 0.05) is 19.5 Å². The number of ether oxygens (including phenoxy) is 1. The smallest absolute Gasteiger partial charge is 0.333 e. The number of hydrazine groups is 1. The van der Waals surface area contributed by atoms with E-state index >= 15 is 0 Å². The third-order valence-electron chi connectivity index (χ3n) is 8.61. The lowest BCUT2D eigenvalue weighted by Gasteiger charge is -2.46. The van der Waals surface area contributed by atoms with Crippen LogP contribution in [0.25, 0.3) is 10.8 Å². The number of hydrogen-bond acceptors (Lipinski definition) is 5. The second-order valence-electron chi connectivity index (χ2n) is 11.5. The molecule has 1 N–H and O–H groups in total. The number of urea groups is 1. The quantitative estimate of drug-likeness (QED) is 0.243. The maximum absolute atomic E-state index is 14.3. The molecule has 2 fully saturated rings. The molecule has 6 rings (SSSR count). The standard InChI is InChI=1S/C36H33Cl2N5O4/c1-3-17-41(36(46)39-20-25-13-16-30(37)31(38)18-25)42-23-34(44)43-32(19-24-11-14-28(47-2)15-12-24)35(45)40(22-33(42)43)21-27-9-6-8-26-7-4-5-10-29(26)27/h1,4-16,18,32-33H,17,19-23H2,2H3,(H,39,46)/t32-,33+/m0/s1. The van der Waals surface area contributed by atoms with E-state index in [0.717, 1.165) is 27.5 Å². The van der Waals surface area contributed by atoms with Crippen LogP contribution in [0, 0.1) is 12.3 Å². The molecule has 47 heavy (non-hydrogen) atoms. The number of methoxy groups -OCH3 is 1. The van der Waals surface area contributed by atoms with Crippen LogP contribution in [0.5, 0.6) is 5.75 Å². The molecule has 0 spiro atoms. The van der Waals surface area contributed by atoms with Gasteiger partial charge < -0.3 is 19.9 Å². The van der Waals surface area contributed by atoms with E-state index in [-0.39, 0.29) is 38.0 Å². The summed E-state index contributed by atoms with van der Waals surface area (Å²) in [5.41, 5.74) is 2.61. The molecule has 0 aliphatic carbocycles. The summed E-state index contributed by atoms with van der Waals surface area (Å²) in [4.78, 5) is 45.0. The highest BCUT2D eigenvalue weighted by molar-refractivity contribution is 6.42. The average molecular weight is 671 g/mol. The zero-order chi connectivity index (χ0) is 33.1. The highest BCUT2D eigenvalue weighted by Gasteiger charge is 2.52. The van der Waals surface area contributed by atoms with Gasteiger partial charge in [-0.2, -0.15) is 5.01 Å². The molecule has 2 aliphatic rings. The lowest BCUT2D eigenvalue weighted by Crippen LogP contribution is -2.66. The van der Waals surface area contributed by atoms with Crippen molar-refractivity contribution < 1.29 is 19.1 Å². The van der Waals surface area contributed by atoms with E-state index in [4.69, 9.17) is 34.4 Å². The van der Waals surface area contributed by atoms with Crippen molar-refractivity contribution >= 4 is 51.8 Å². The Balaban J connectivity index is 1.31. The van der Waals surface area contributed by atoms with E-state index in [0.29, 0.717) is 28.8 Å². The minimum Gasteiger partial charge on any atom is -0.497 e. The molecule has 9 nitrogen and oxygen atoms in total. The summed E-state index contributed by atoms with van der Waals surface area (Å²) >= 11 is 12.2. The normalized spacial score (nSPS) is 17.8. The number of carbonyl (C=O) groups is 3. The fraction of sp³-hybridized carbons (Fsp3) is 0.250. The number of hydrogen-bond donors (Lipinski definition) is 1. The van der Waals surface area contributed by atoms with Crippen LogP contribution in [0.3, 0.4) is 0 Å². The zero-order valence-electron chi connectivity index (χ0n) is 25.7. The van der Waals surface area contributed by atoms with Crippen LogP contribution in [0.4, 0.5) is 4.79 Å². The molecule has 4 aromatic rings. The van der Waals surface area contributed by atoms with Crippen molar-refractivity contribution in [3.63, 3.8) is 0 Å². The first-order chi connectivity index (χ1) is 22.8. The Hall–Kier alpha value is -4.75. The van der Waals surface area contributed by atoms with E-state index in [9.17, 15) is 14.4 Å². The summed E-state index contributed by atoms with van der Waals surface area (Å²) in [5.74, 6) is 2.83. The molecule has 0 bridgehead atoms. The lowest BCUT2D eigenvalue weighted by molar-refractivity contribution is -0.157. The van der Waals surface area contributed by atoms with Crippen molar-refractivity contribution in [2.75, 3.05) is 26.7 Å². The number of benzene rings is 4. The van der Waals surface area contributed by atoms with Crippen molar-refractivity contribution in [3.05, 3.63) is 112 Å². The van der Waals surface area contributed by atoms with E-state index < -0.39 is 18.2 Å². The summed E-state index contributed by atoms with van der Waals surface area (Å²) in [6.45, 7) is 0.503. The molecule has 0 saturated carbocycles. The van der Waals surface area contributed by atoms with E-state index in [1.807, 2.05) is 66.7 Å². The number of nitrogens with zero attached hydrogens (tertiary/aromatic N) is 4. The molecule has 0 unspecified atom stereocenters. The Morgan fingerprint density at radius 3 is 2.49 bits per heavy atom. The van der Waals surface area contributed by atoms with Crippen molar-refractivity contribution in [2.45, 2.75) is 31.7 Å². The fourth-order valence-electron chi connectivity index (χ4n) is 6.30. The van der Waals surface area contributed by atoms with Gasteiger partial charge in [-0.15, -0.1) is 6.42 Å². The SMILES string of the molecule is C#CCN(C(=O)NCc1ccc(Cl)c(Cl)c1)N1CC(=O)N2[C@@H](Cc3ccc(OC)cc3)C(=O)N(Cc3cccc4ccccc34)C[C@@H]21. The van der Waals surface area contributed by atoms with Crippen LogP contribution in [0.15, 0.2) is 84.9 Å². The number of nitrogens with one attached hydrogen (secondary N) is 1. The third kappa shape index (κ3) is 6.72. The highest BCUT2D eigenvalue weighted by Crippen LogP contribution is 2.31. The number of amides is 4. The van der Waals surface area contributed by atoms with Crippen LogP contribution in [-0.2, 0) is 29.1 Å². The van der Waals surface area contributed by atoms with Crippen molar-refractivity contribution in [2.24, 2.45) is 0 Å². The van der Waals surface area contributed by atoms with Gasteiger partial charge in [-0.1, -0.05) is 89.8 Å². The molecule has 2 saturated heterocycles. The summed E-state index contributed by atoms with van der Waals surface area (Å²) in [7, 11) is 1.59. The van der Waals surface area contributed by atoms with Gasteiger partial charge in [-0.05, 0) is 51.7 Å². The van der Waals surface area contributed by atoms with Crippen LogP contribution in [-0.4, -0.2) is 76.6 Å². The van der Waals surface area contributed by atoms with Crippen molar-refractivity contribution in [1.82, 2.24) is 25.1 Å². The summed E-state index contributed by atoms with van der Waals surface area (Å²) in [6, 6.07) is 25.4. The first-order valence-electron chi connectivity index (χ1n) is 15.2. The Labute approximate surface area is 283 Å². The van der Waals surface area contributed by atoms with E-state index in [2.05, 4.69) is 11.2 Å².